The van der Waals surface area contributed by atoms with Crippen LogP contribution in [0.1, 0.15) is 23.6 Å². The van der Waals surface area contributed by atoms with Crippen molar-refractivity contribution in [2.75, 3.05) is 19.5 Å². The third-order valence-corrected chi connectivity index (χ3v) is 6.45. The molecule has 1 atom stereocenters. The van der Waals surface area contributed by atoms with Gasteiger partial charge >= 0.3 is 0 Å². The van der Waals surface area contributed by atoms with Crippen LogP contribution >= 0.6 is 12.2 Å². The lowest BCUT2D eigenvalue weighted by molar-refractivity contribution is 0.377. The van der Waals surface area contributed by atoms with Gasteiger partial charge in [0, 0.05) is 18.1 Å². The van der Waals surface area contributed by atoms with E-state index in [-0.39, 0.29) is 11.8 Å². The standard InChI is InChI=1S/C28H25N3O3S/c1-33-19-14-15-22(26(32)16-19)24-17-25(21-11-7-9-18-8-3-4-10-20(18)21)31(30-24)28(35)29-23-12-5-6-13-27(23)34-2/h3-16,25,32H,17H2,1-2H3,(H,29,35)/t25-/m0/s1. The molecule has 4 aromatic carbocycles. The van der Waals surface area contributed by atoms with Gasteiger partial charge in [-0.2, -0.15) is 5.10 Å². The Morgan fingerprint density at radius 3 is 2.54 bits per heavy atom. The molecule has 1 aliphatic rings. The van der Waals surface area contributed by atoms with E-state index in [1.165, 1.54) is 0 Å². The lowest BCUT2D eigenvalue weighted by Gasteiger charge is -2.26. The maximum Gasteiger partial charge on any atom is 0.194 e. The summed E-state index contributed by atoms with van der Waals surface area (Å²) in [6, 6.07) is 27.2. The predicted molar refractivity (Wildman–Crippen MR) is 144 cm³/mol. The predicted octanol–water partition coefficient (Wildman–Crippen LogP) is 6.11. The first-order valence-electron chi connectivity index (χ1n) is 11.2. The number of para-hydroxylation sites is 2. The Balaban J connectivity index is 1.57. The molecule has 7 heteroatoms. The molecule has 0 bridgehead atoms. The zero-order valence-electron chi connectivity index (χ0n) is 19.4. The number of nitrogens with zero attached hydrogens (tertiary/aromatic N) is 2. The Kier molecular flexibility index (Phi) is 6.25. The van der Waals surface area contributed by atoms with Crippen molar-refractivity contribution in [3.8, 4) is 17.2 Å². The van der Waals surface area contributed by atoms with Crippen molar-refractivity contribution in [1.29, 1.82) is 0 Å². The van der Waals surface area contributed by atoms with Crippen molar-refractivity contribution < 1.29 is 14.6 Å². The molecule has 0 fully saturated rings. The topological polar surface area (TPSA) is 66.3 Å². The fourth-order valence-electron chi connectivity index (χ4n) is 4.45. The average molecular weight is 484 g/mol. The summed E-state index contributed by atoms with van der Waals surface area (Å²) in [6.07, 6.45) is 0.571. The monoisotopic (exact) mass is 483 g/mol. The first-order chi connectivity index (χ1) is 17.1. The van der Waals surface area contributed by atoms with E-state index in [9.17, 15) is 5.11 Å². The van der Waals surface area contributed by atoms with E-state index in [0.717, 1.165) is 27.7 Å². The number of ether oxygens (including phenoxy) is 2. The van der Waals surface area contributed by atoms with Gasteiger partial charge in [0.25, 0.3) is 0 Å². The number of thiocarbonyl (C=S) groups is 1. The highest BCUT2D eigenvalue weighted by molar-refractivity contribution is 7.80. The fraction of sp³-hybridized carbons (Fsp3) is 0.143. The van der Waals surface area contributed by atoms with Gasteiger partial charge in [0.15, 0.2) is 5.11 Å². The first-order valence-corrected chi connectivity index (χ1v) is 11.7. The smallest absolute Gasteiger partial charge is 0.194 e. The number of phenolic OH excluding ortho intramolecular Hbond substituents is 1. The van der Waals surface area contributed by atoms with Gasteiger partial charge in [-0.25, -0.2) is 5.01 Å². The molecule has 5 rings (SSSR count). The van der Waals surface area contributed by atoms with E-state index in [4.69, 9.17) is 26.8 Å². The third kappa shape index (κ3) is 4.38. The zero-order chi connectivity index (χ0) is 24.4. The molecule has 1 heterocycles. The lowest BCUT2D eigenvalue weighted by Crippen LogP contribution is -2.31. The summed E-state index contributed by atoms with van der Waals surface area (Å²) in [4.78, 5) is 0. The van der Waals surface area contributed by atoms with E-state index in [1.54, 1.807) is 20.3 Å². The second-order valence-corrected chi connectivity index (χ2v) is 8.58. The van der Waals surface area contributed by atoms with Gasteiger partial charge in [-0.3, -0.25) is 0 Å². The largest absolute Gasteiger partial charge is 0.507 e. The molecule has 0 spiro atoms. The Hall–Kier alpha value is -4.10. The minimum absolute atomic E-state index is 0.116. The zero-order valence-corrected chi connectivity index (χ0v) is 20.3. The second kappa shape index (κ2) is 9.64. The van der Waals surface area contributed by atoms with Crippen LogP contribution in [0, 0.1) is 0 Å². The normalized spacial score (nSPS) is 15.1. The first kappa shape index (κ1) is 22.7. The number of hydrogen-bond donors (Lipinski definition) is 2. The van der Waals surface area contributed by atoms with Crippen LogP contribution in [-0.4, -0.2) is 35.2 Å². The van der Waals surface area contributed by atoms with Gasteiger partial charge in [0.2, 0.25) is 0 Å². The highest BCUT2D eigenvalue weighted by Gasteiger charge is 2.33. The summed E-state index contributed by atoms with van der Waals surface area (Å²) in [5.41, 5.74) is 3.26. The Morgan fingerprint density at radius 2 is 1.74 bits per heavy atom. The number of aromatic hydroxyl groups is 1. The van der Waals surface area contributed by atoms with Crippen LogP contribution in [0.25, 0.3) is 10.8 Å². The number of rotatable bonds is 5. The van der Waals surface area contributed by atoms with Gasteiger partial charge in [-0.15, -0.1) is 0 Å². The minimum atomic E-state index is -0.160. The third-order valence-electron chi connectivity index (χ3n) is 6.17. The summed E-state index contributed by atoms with van der Waals surface area (Å²) in [7, 11) is 3.20. The summed E-state index contributed by atoms with van der Waals surface area (Å²) >= 11 is 5.85. The van der Waals surface area contributed by atoms with Gasteiger partial charge in [0.1, 0.15) is 17.2 Å². The van der Waals surface area contributed by atoms with E-state index in [2.05, 4.69) is 35.6 Å². The number of anilines is 1. The van der Waals surface area contributed by atoms with Crippen LogP contribution in [-0.2, 0) is 0 Å². The second-order valence-electron chi connectivity index (χ2n) is 8.19. The summed E-state index contributed by atoms with van der Waals surface area (Å²) in [5, 5.41) is 23.4. The quantitative estimate of drug-likeness (QED) is 0.334. The number of nitrogens with one attached hydrogen (secondary N) is 1. The molecule has 0 saturated heterocycles. The van der Waals surface area contributed by atoms with E-state index >= 15 is 0 Å². The molecule has 0 amide bonds. The Labute approximate surface area is 209 Å². The van der Waals surface area contributed by atoms with Crippen LogP contribution in [0.15, 0.2) is 90.0 Å². The molecule has 0 saturated carbocycles. The molecule has 4 aromatic rings. The number of phenols is 1. The van der Waals surface area contributed by atoms with Gasteiger partial charge in [-0.1, -0.05) is 54.6 Å². The number of hydrogen-bond acceptors (Lipinski definition) is 5. The average Bonchev–Trinajstić information content (AvgIpc) is 3.33. The van der Waals surface area contributed by atoms with Gasteiger partial charge < -0.3 is 19.9 Å². The molecule has 0 aliphatic carbocycles. The van der Waals surface area contributed by atoms with Crippen molar-refractivity contribution in [2.24, 2.45) is 5.10 Å². The van der Waals surface area contributed by atoms with E-state index in [1.807, 2.05) is 53.5 Å². The molecule has 2 N–H and O–H groups in total. The maximum absolute atomic E-state index is 10.7. The van der Waals surface area contributed by atoms with Crippen LogP contribution in [0.2, 0.25) is 0 Å². The van der Waals surface area contributed by atoms with Crippen LogP contribution in [0.3, 0.4) is 0 Å². The molecule has 0 radical (unpaired) electrons. The molecular weight excluding hydrogens is 458 g/mol. The summed E-state index contributed by atoms with van der Waals surface area (Å²) in [6.45, 7) is 0. The molecular formula is C28H25N3O3S. The van der Waals surface area contributed by atoms with E-state index in [0.29, 0.717) is 28.6 Å². The van der Waals surface area contributed by atoms with Gasteiger partial charge in [-0.05, 0) is 52.8 Å². The highest BCUT2D eigenvalue weighted by atomic mass is 32.1. The fourth-order valence-corrected chi connectivity index (χ4v) is 4.72. The summed E-state index contributed by atoms with van der Waals surface area (Å²) in [5.74, 6) is 1.39. The Morgan fingerprint density at radius 1 is 0.971 bits per heavy atom. The number of fused-ring (bicyclic) bond motifs is 1. The van der Waals surface area contributed by atoms with Crippen LogP contribution in [0.4, 0.5) is 5.69 Å². The summed E-state index contributed by atoms with van der Waals surface area (Å²) < 4.78 is 10.7. The van der Waals surface area contributed by atoms with Crippen molar-refractivity contribution in [1.82, 2.24) is 5.01 Å². The van der Waals surface area contributed by atoms with Crippen LogP contribution < -0.4 is 14.8 Å². The SMILES string of the molecule is COc1ccc(C2=NN(C(=S)Nc3ccccc3OC)[C@H](c3cccc4ccccc34)C2)c(O)c1. The van der Waals surface area contributed by atoms with Crippen molar-refractivity contribution in [3.63, 3.8) is 0 Å². The van der Waals surface area contributed by atoms with Crippen molar-refractivity contribution in [2.45, 2.75) is 12.5 Å². The number of benzene rings is 4. The molecule has 6 nitrogen and oxygen atoms in total. The molecule has 1 aliphatic heterocycles. The minimum Gasteiger partial charge on any atom is -0.507 e. The van der Waals surface area contributed by atoms with Crippen LogP contribution in [0.5, 0.6) is 17.2 Å². The van der Waals surface area contributed by atoms with E-state index < -0.39 is 0 Å². The maximum atomic E-state index is 10.7. The molecule has 35 heavy (non-hydrogen) atoms. The van der Waals surface area contributed by atoms with Crippen molar-refractivity contribution in [3.05, 3.63) is 96.1 Å². The lowest BCUT2D eigenvalue weighted by atomic mass is 9.94. The number of methoxy groups -OCH3 is 2. The molecule has 0 aromatic heterocycles. The number of hydrazone groups is 1. The van der Waals surface area contributed by atoms with Crippen molar-refractivity contribution >= 4 is 39.5 Å². The highest BCUT2D eigenvalue weighted by Crippen LogP contribution is 2.39. The van der Waals surface area contributed by atoms with Gasteiger partial charge in [0.05, 0.1) is 31.7 Å². The Bertz CT molecular complexity index is 1430. The molecule has 0 unspecified atom stereocenters. The molecule has 176 valence electrons.